The van der Waals surface area contributed by atoms with Crippen molar-refractivity contribution in [1.29, 1.82) is 0 Å². The molecule has 1 unspecified atom stereocenters. The summed E-state index contributed by atoms with van der Waals surface area (Å²) in [7, 11) is 0. The van der Waals surface area contributed by atoms with Crippen LogP contribution in [0.3, 0.4) is 0 Å². The largest absolute Gasteiger partial charge is 0.388 e. The maximum absolute atomic E-state index is 11.5. The second-order valence-corrected chi connectivity index (χ2v) is 3.76. The number of hydrogen-bond donors (Lipinski definition) is 1. The second-order valence-electron chi connectivity index (χ2n) is 2.77. The van der Waals surface area contributed by atoms with E-state index in [9.17, 15) is 4.79 Å². The first-order chi connectivity index (χ1) is 6.74. The van der Waals surface area contributed by atoms with Gasteiger partial charge in [-0.15, -0.1) is 6.58 Å². The number of hydrogen-bond acceptors (Lipinski definition) is 3. The Bertz CT molecular complexity index is 308. The third-order valence-electron chi connectivity index (χ3n) is 1.67. The highest BCUT2D eigenvalue weighted by molar-refractivity contribution is 8.14. The predicted molar refractivity (Wildman–Crippen MR) is 59.4 cm³/mol. The lowest BCUT2D eigenvalue weighted by Gasteiger charge is -2.03. The molecule has 0 spiro atoms. The Labute approximate surface area is 87.6 Å². The summed E-state index contributed by atoms with van der Waals surface area (Å²) in [5, 5.41) is 9.14. The van der Waals surface area contributed by atoms with E-state index in [1.165, 1.54) is 6.08 Å². The lowest BCUT2D eigenvalue weighted by Crippen LogP contribution is -2.07. The molecular formula is C11H12O2S. The molecule has 1 rings (SSSR count). The SMILES string of the molecule is C=CC(O)CSC(=O)c1ccccc1. The average Bonchev–Trinajstić information content (AvgIpc) is 2.26. The third-order valence-corrected chi connectivity index (χ3v) is 2.67. The van der Waals surface area contributed by atoms with E-state index in [0.29, 0.717) is 11.3 Å². The van der Waals surface area contributed by atoms with Gasteiger partial charge in [0.1, 0.15) is 0 Å². The van der Waals surface area contributed by atoms with E-state index in [1.54, 1.807) is 12.1 Å². The van der Waals surface area contributed by atoms with Crippen molar-refractivity contribution in [2.24, 2.45) is 0 Å². The summed E-state index contributed by atoms with van der Waals surface area (Å²) in [6, 6.07) is 9.01. The number of aliphatic hydroxyl groups is 1. The molecule has 0 saturated heterocycles. The lowest BCUT2D eigenvalue weighted by molar-refractivity contribution is 0.108. The van der Waals surface area contributed by atoms with E-state index < -0.39 is 6.10 Å². The van der Waals surface area contributed by atoms with Gasteiger partial charge in [-0.25, -0.2) is 0 Å². The van der Waals surface area contributed by atoms with E-state index >= 15 is 0 Å². The van der Waals surface area contributed by atoms with E-state index in [0.717, 1.165) is 11.8 Å². The van der Waals surface area contributed by atoms with Gasteiger partial charge in [0.2, 0.25) is 5.12 Å². The first-order valence-corrected chi connectivity index (χ1v) is 5.25. The van der Waals surface area contributed by atoms with Crippen LogP contribution >= 0.6 is 11.8 Å². The maximum Gasteiger partial charge on any atom is 0.219 e. The normalized spacial score (nSPS) is 12.1. The summed E-state index contributed by atoms with van der Waals surface area (Å²) in [6.07, 6.45) is 0.804. The van der Waals surface area contributed by atoms with Gasteiger partial charge < -0.3 is 5.11 Å². The Hall–Kier alpha value is -1.06. The molecule has 0 bridgehead atoms. The van der Waals surface area contributed by atoms with Crippen molar-refractivity contribution < 1.29 is 9.90 Å². The molecule has 0 radical (unpaired) electrons. The number of carbonyl (C=O) groups is 1. The molecule has 0 aliphatic rings. The minimum absolute atomic E-state index is 0.0218. The first kappa shape index (κ1) is 11.0. The van der Waals surface area contributed by atoms with Crippen LogP contribution in [0.1, 0.15) is 10.4 Å². The molecule has 2 nitrogen and oxygen atoms in total. The molecular weight excluding hydrogens is 196 g/mol. The molecule has 14 heavy (non-hydrogen) atoms. The van der Waals surface area contributed by atoms with Crippen LogP contribution in [-0.2, 0) is 0 Å². The van der Waals surface area contributed by atoms with Gasteiger partial charge in [0.15, 0.2) is 0 Å². The quantitative estimate of drug-likeness (QED) is 0.770. The Morgan fingerprint density at radius 3 is 2.71 bits per heavy atom. The molecule has 1 aromatic rings. The highest BCUT2D eigenvalue weighted by Crippen LogP contribution is 2.13. The molecule has 3 heteroatoms. The molecule has 0 fully saturated rings. The topological polar surface area (TPSA) is 37.3 Å². The minimum atomic E-state index is -0.618. The zero-order chi connectivity index (χ0) is 10.4. The molecule has 1 atom stereocenters. The fourth-order valence-electron chi connectivity index (χ4n) is 0.887. The second kappa shape index (κ2) is 5.62. The Kier molecular flexibility index (Phi) is 4.43. The van der Waals surface area contributed by atoms with Crippen LogP contribution in [0.25, 0.3) is 0 Å². The summed E-state index contributed by atoms with van der Waals surface area (Å²) < 4.78 is 0. The van der Waals surface area contributed by atoms with Gasteiger partial charge in [-0.3, -0.25) is 4.79 Å². The van der Waals surface area contributed by atoms with Crippen molar-refractivity contribution in [1.82, 2.24) is 0 Å². The Morgan fingerprint density at radius 2 is 2.14 bits per heavy atom. The molecule has 0 saturated carbocycles. The zero-order valence-electron chi connectivity index (χ0n) is 7.72. The van der Waals surface area contributed by atoms with Crippen molar-refractivity contribution >= 4 is 16.9 Å². The smallest absolute Gasteiger partial charge is 0.219 e. The van der Waals surface area contributed by atoms with Crippen LogP contribution < -0.4 is 0 Å². The van der Waals surface area contributed by atoms with Gasteiger partial charge in [-0.1, -0.05) is 48.2 Å². The summed E-state index contributed by atoms with van der Waals surface area (Å²) in [5.74, 6) is 0.358. The van der Waals surface area contributed by atoms with Gasteiger partial charge >= 0.3 is 0 Å². The summed E-state index contributed by atoms with van der Waals surface area (Å²) in [6.45, 7) is 3.44. The maximum atomic E-state index is 11.5. The van der Waals surface area contributed by atoms with Crippen LogP contribution in [0.15, 0.2) is 43.0 Å². The molecule has 1 aromatic carbocycles. The van der Waals surface area contributed by atoms with Crippen molar-refractivity contribution in [2.45, 2.75) is 6.10 Å². The molecule has 74 valence electrons. The number of carbonyl (C=O) groups excluding carboxylic acids is 1. The van der Waals surface area contributed by atoms with E-state index in [-0.39, 0.29) is 5.12 Å². The molecule has 0 heterocycles. The fraction of sp³-hybridized carbons (Fsp3) is 0.182. The lowest BCUT2D eigenvalue weighted by atomic mass is 10.2. The van der Waals surface area contributed by atoms with Crippen molar-refractivity contribution in [3.8, 4) is 0 Å². The number of thioether (sulfide) groups is 1. The van der Waals surface area contributed by atoms with Crippen LogP contribution in [-0.4, -0.2) is 22.1 Å². The number of aliphatic hydroxyl groups excluding tert-OH is 1. The Balaban J connectivity index is 2.47. The van der Waals surface area contributed by atoms with E-state index in [1.807, 2.05) is 18.2 Å². The Morgan fingerprint density at radius 1 is 1.50 bits per heavy atom. The summed E-state index contributed by atoms with van der Waals surface area (Å²) in [4.78, 5) is 11.5. The van der Waals surface area contributed by atoms with Gasteiger partial charge in [0.05, 0.1) is 6.10 Å². The molecule has 0 aliphatic heterocycles. The average molecular weight is 208 g/mol. The number of rotatable bonds is 4. The highest BCUT2D eigenvalue weighted by atomic mass is 32.2. The summed E-state index contributed by atoms with van der Waals surface area (Å²) in [5.41, 5.74) is 0.661. The fourth-order valence-corrected chi connectivity index (χ4v) is 1.65. The van der Waals surface area contributed by atoms with Gasteiger partial charge in [0, 0.05) is 11.3 Å². The van der Waals surface area contributed by atoms with Gasteiger partial charge in [0.25, 0.3) is 0 Å². The molecule has 0 aliphatic carbocycles. The molecule has 1 N–H and O–H groups in total. The molecule has 0 amide bonds. The summed E-state index contributed by atoms with van der Waals surface area (Å²) >= 11 is 1.10. The zero-order valence-corrected chi connectivity index (χ0v) is 8.54. The standard InChI is InChI=1S/C11H12O2S/c1-2-10(12)8-14-11(13)9-6-4-3-5-7-9/h2-7,10,12H,1,8H2. The number of benzene rings is 1. The van der Waals surface area contributed by atoms with Gasteiger partial charge in [-0.05, 0) is 0 Å². The first-order valence-electron chi connectivity index (χ1n) is 4.27. The van der Waals surface area contributed by atoms with E-state index in [2.05, 4.69) is 6.58 Å². The van der Waals surface area contributed by atoms with Crippen molar-refractivity contribution in [3.63, 3.8) is 0 Å². The van der Waals surface area contributed by atoms with Crippen LogP contribution in [0.5, 0.6) is 0 Å². The highest BCUT2D eigenvalue weighted by Gasteiger charge is 2.07. The van der Waals surface area contributed by atoms with Gasteiger partial charge in [-0.2, -0.15) is 0 Å². The van der Waals surface area contributed by atoms with Crippen LogP contribution in [0.4, 0.5) is 0 Å². The van der Waals surface area contributed by atoms with E-state index in [4.69, 9.17) is 5.11 Å². The third kappa shape index (κ3) is 3.36. The molecule has 0 aromatic heterocycles. The van der Waals surface area contributed by atoms with Crippen LogP contribution in [0.2, 0.25) is 0 Å². The minimum Gasteiger partial charge on any atom is -0.388 e. The predicted octanol–water partition coefficient (Wildman–Crippen LogP) is 2.11. The van der Waals surface area contributed by atoms with Crippen molar-refractivity contribution in [3.05, 3.63) is 48.6 Å². The monoisotopic (exact) mass is 208 g/mol. The van der Waals surface area contributed by atoms with Crippen molar-refractivity contribution in [2.75, 3.05) is 5.75 Å². The van der Waals surface area contributed by atoms with Crippen LogP contribution in [0, 0.1) is 0 Å².